The monoisotopic (exact) mass is 441 g/mol. The second-order valence-corrected chi connectivity index (χ2v) is 6.67. The van der Waals surface area contributed by atoms with Crippen LogP contribution in [-0.2, 0) is 0 Å². The van der Waals surface area contributed by atoms with Crippen molar-refractivity contribution in [2.75, 3.05) is 7.05 Å². The van der Waals surface area contributed by atoms with E-state index in [0.29, 0.717) is 0 Å². The van der Waals surface area contributed by atoms with Crippen LogP contribution >= 0.6 is 38.5 Å². The van der Waals surface area contributed by atoms with E-state index < -0.39 is 0 Å². The molecule has 1 aromatic heterocycles. The number of nitrogens with one attached hydrogen (secondary N) is 1. The Labute approximate surface area is 139 Å². The molecule has 2 nitrogen and oxygen atoms in total. The zero-order valence-corrected chi connectivity index (χ0v) is 14.6. The molecule has 0 aliphatic rings. The minimum absolute atomic E-state index is 0.0338. The van der Waals surface area contributed by atoms with Crippen LogP contribution in [0.25, 0.3) is 11.0 Å². The average molecular weight is 442 g/mol. The molecular formula is C16H13BrINO. The lowest BCUT2D eigenvalue weighted by atomic mass is 10.0. The maximum atomic E-state index is 5.98. The Morgan fingerprint density at radius 3 is 2.70 bits per heavy atom. The number of furan rings is 1. The van der Waals surface area contributed by atoms with Crippen molar-refractivity contribution in [1.82, 2.24) is 5.32 Å². The second-order valence-electron chi connectivity index (χ2n) is 4.57. The van der Waals surface area contributed by atoms with E-state index in [1.807, 2.05) is 25.2 Å². The minimum Gasteiger partial charge on any atom is -0.459 e. The summed E-state index contributed by atoms with van der Waals surface area (Å²) in [5.74, 6) is 0.927. The highest BCUT2D eigenvalue weighted by Gasteiger charge is 2.19. The molecule has 0 spiro atoms. The van der Waals surface area contributed by atoms with Gasteiger partial charge in [-0.25, -0.2) is 0 Å². The van der Waals surface area contributed by atoms with E-state index in [4.69, 9.17) is 4.42 Å². The van der Waals surface area contributed by atoms with Crippen molar-refractivity contribution in [3.8, 4) is 0 Å². The fourth-order valence-electron chi connectivity index (χ4n) is 2.33. The Morgan fingerprint density at radius 2 is 1.95 bits per heavy atom. The summed E-state index contributed by atoms with van der Waals surface area (Å²) in [5, 5.41) is 4.47. The van der Waals surface area contributed by atoms with Crippen LogP contribution in [-0.4, -0.2) is 7.05 Å². The van der Waals surface area contributed by atoms with E-state index in [1.165, 1.54) is 9.13 Å². The van der Waals surface area contributed by atoms with Gasteiger partial charge in [-0.15, -0.1) is 0 Å². The molecule has 0 amide bonds. The van der Waals surface area contributed by atoms with E-state index in [9.17, 15) is 0 Å². The van der Waals surface area contributed by atoms with Crippen LogP contribution in [0.2, 0.25) is 0 Å². The highest BCUT2D eigenvalue weighted by Crippen LogP contribution is 2.32. The zero-order valence-electron chi connectivity index (χ0n) is 10.9. The smallest absolute Gasteiger partial charge is 0.134 e. The fraction of sp³-hybridized carbons (Fsp3) is 0.125. The van der Waals surface area contributed by atoms with Gasteiger partial charge in [-0.1, -0.05) is 34.1 Å². The number of halogens is 2. The van der Waals surface area contributed by atoms with E-state index in [-0.39, 0.29) is 6.04 Å². The predicted molar refractivity (Wildman–Crippen MR) is 94.0 cm³/mol. The normalized spacial score (nSPS) is 12.8. The molecule has 102 valence electrons. The van der Waals surface area contributed by atoms with Crippen LogP contribution in [0.5, 0.6) is 0 Å². The quantitative estimate of drug-likeness (QED) is 0.571. The Bertz CT molecular complexity index is 720. The fourth-order valence-corrected chi connectivity index (χ4v) is 3.32. The molecule has 4 heteroatoms. The van der Waals surface area contributed by atoms with Crippen molar-refractivity contribution in [2.24, 2.45) is 0 Å². The summed E-state index contributed by atoms with van der Waals surface area (Å²) in [6.07, 6.45) is 0. The van der Waals surface area contributed by atoms with Gasteiger partial charge in [0.15, 0.2) is 0 Å². The topological polar surface area (TPSA) is 25.2 Å². The summed E-state index contributed by atoms with van der Waals surface area (Å²) < 4.78 is 8.27. The molecule has 0 saturated heterocycles. The van der Waals surface area contributed by atoms with Gasteiger partial charge in [0.25, 0.3) is 0 Å². The number of fused-ring (bicyclic) bond motifs is 1. The number of benzene rings is 2. The van der Waals surface area contributed by atoms with Crippen molar-refractivity contribution >= 4 is 49.5 Å². The molecule has 0 aliphatic carbocycles. The lowest BCUT2D eigenvalue weighted by molar-refractivity contribution is 0.490. The second kappa shape index (κ2) is 5.87. The summed E-state index contributed by atoms with van der Waals surface area (Å²) in [6, 6.07) is 16.5. The molecular weight excluding hydrogens is 429 g/mol. The average Bonchev–Trinajstić information content (AvgIpc) is 2.87. The minimum atomic E-state index is 0.0338. The van der Waals surface area contributed by atoms with Gasteiger partial charge in [-0.3, -0.25) is 0 Å². The van der Waals surface area contributed by atoms with Gasteiger partial charge >= 0.3 is 0 Å². The Kier molecular flexibility index (Phi) is 4.14. The lowest BCUT2D eigenvalue weighted by Gasteiger charge is -2.16. The third-order valence-corrected chi connectivity index (χ3v) is 4.68. The third-order valence-electron chi connectivity index (χ3n) is 3.29. The molecule has 20 heavy (non-hydrogen) atoms. The number of rotatable bonds is 3. The molecule has 1 heterocycles. The van der Waals surface area contributed by atoms with Crippen molar-refractivity contribution < 1.29 is 4.42 Å². The first kappa shape index (κ1) is 14.1. The van der Waals surface area contributed by atoms with Gasteiger partial charge in [-0.2, -0.15) is 0 Å². The van der Waals surface area contributed by atoms with Crippen LogP contribution < -0.4 is 5.32 Å². The van der Waals surface area contributed by atoms with Crippen LogP contribution in [0.4, 0.5) is 0 Å². The van der Waals surface area contributed by atoms with Gasteiger partial charge in [0, 0.05) is 13.4 Å². The van der Waals surface area contributed by atoms with Crippen molar-refractivity contribution in [3.63, 3.8) is 0 Å². The molecule has 0 radical (unpaired) electrons. The number of hydrogen-bond donors (Lipinski definition) is 1. The first-order valence-electron chi connectivity index (χ1n) is 6.29. The molecule has 3 rings (SSSR count). The molecule has 0 saturated carbocycles. The molecule has 1 unspecified atom stereocenters. The van der Waals surface area contributed by atoms with Crippen LogP contribution in [0.15, 0.2) is 57.4 Å². The SMILES string of the molecule is CNC(c1cc2ccccc2o1)c1cc(I)ccc1Br. The van der Waals surface area contributed by atoms with Crippen molar-refractivity contribution in [3.05, 3.63) is 67.9 Å². The molecule has 3 aromatic rings. The van der Waals surface area contributed by atoms with Crippen LogP contribution in [0, 0.1) is 3.57 Å². The summed E-state index contributed by atoms with van der Waals surface area (Å²) in [4.78, 5) is 0. The van der Waals surface area contributed by atoms with Crippen molar-refractivity contribution in [1.29, 1.82) is 0 Å². The maximum absolute atomic E-state index is 5.98. The number of hydrogen-bond acceptors (Lipinski definition) is 2. The highest BCUT2D eigenvalue weighted by atomic mass is 127. The molecule has 0 fully saturated rings. The Hall–Kier alpha value is -0.850. The first-order valence-corrected chi connectivity index (χ1v) is 8.17. The third kappa shape index (κ3) is 2.64. The summed E-state index contributed by atoms with van der Waals surface area (Å²) in [6.45, 7) is 0. The summed E-state index contributed by atoms with van der Waals surface area (Å²) in [7, 11) is 1.95. The van der Waals surface area contributed by atoms with E-state index >= 15 is 0 Å². The largest absolute Gasteiger partial charge is 0.459 e. The summed E-state index contributed by atoms with van der Waals surface area (Å²) in [5.41, 5.74) is 2.10. The maximum Gasteiger partial charge on any atom is 0.134 e. The molecule has 1 atom stereocenters. The van der Waals surface area contributed by atoms with Gasteiger partial charge in [0.2, 0.25) is 0 Å². The predicted octanol–water partition coefficient (Wildman–Crippen LogP) is 5.11. The molecule has 1 N–H and O–H groups in total. The van der Waals surface area contributed by atoms with E-state index in [1.54, 1.807) is 0 Å². The van der Waals surface area contributed by atoms with Crippen LogP contribution in [0.1, 0.15) is 17.4 Å². The van der Waals surface area contributed by atoms with Gasteiger partial charge < -0.3 is 9.73 Å². The van der Waals surface area contributed by atoms with E-state index in [0.717, 1.165) is 21.2 Å². The number of para-hydroxylation sites is 1. The molecule has 2 aromatic carbocycles. The zero-order chi connectivity index (χ0) is 14.1. The molecule has 0 aliphatic heterocycles. The first-order chi connectivity index (χ1) is 9.69. The lowest BCUT2D eigenvalue weighted by Crippen LogP contribution is -2.17. The van der Waals surface area contributed by atoms with Crippen LogP contribution in [0.3, 0.4) is 0 Å². The van der Waals surface area contributed by atoms with Gasteiger partial charge in [0.1, 0.15) is 11.3 Å². The van der Waals surface area contributed by atoms with Crippen molar-refractivity contribution in [2.45, 2.75) is 6.04 Å². The standard InChI is InChI=1S/C16H13BrINO/c1-19-16(12-9-11(18)6-7-13(12)17)15-8-10-4-2-3-5-14(10)20-15/h2-9,16,19H,1H3. The highest BCUT2D eigenvalue weighted by molar-refractivity contribution is 14.1. The summed E-state index contributed by atoms with van der Waals surface area (Å²) >= 11 is 5.95. The Balaban J connectivity index is 2.11. The van der Waals surface area contributed by atoms with Gasteiger partial charge in [-0.05, 0) is 65.5 Å². The Morgan fingerprint density at radius 1 is 1.15 bits per heavy atom. The van der Waals surface area contributed by atoms with Gasteiger partial charge in [0.05, 0.1) is 6.04 Å². The van der Waals surface area contributed by atoms with E-state index in [2.05, 4.69) is 74.2 Å². The molecule has 0 bridgehead atoms.